The van der Waals surface area contributed by atoms with E-state index in [0.717, 1.165) is 32.1 Å². The Bertz CT molecular complexity index is 3610. The van der Waals surface area contributed by atoms with Crippen LogP contribution in [-0.4, -0.2) is 128 Å². The van der Waals surface area contributed by atoms with Crippen LogP contribution in [0, 0.1) is 0 Å². The van der Waals surface area contributed by atoms with E-state index in [1.165, 1.54) is 109 Å². The first kappa shape index (κ1) is 67.9. The largest absolute Gasteiger partial charge is 0.474 e. The Hall–Kier alpha value is -9.44. The van der Waals surface area contributed by atoms with Crippen LogP contribution in [0.3, 0.4) is 0 Å². The summed E-state index contributed by atoms with van der Waals surface area (Å²) in [5.41, 5.74) is -0.0640. The Kier molecular flexibility index (Phi) is 25.0. The zero-order valence-electron chi connectivity index (χ0n) is 50.4. The molecule has 2 aliphatic rings. The average molecular weight is 1290 g/mol. The molecule has 22 heteroatoms. The van der Waals surface area contributed by atoms with E-state index >= 15 is 0 Å². The molecule has 1 unspecified atom stereocenters. The zero-order chi connectivity index (χ0) is 65.4. The monoisotopic (exact) mass is 1290 g/mol. The highest BCUT2D eigenvalue weighted by Gasteiger charge is 2.59. The van der Waals surface area contributed by atoms with Crippen molar-refractivity contribution in [3.05, 3.63) is 264 Å². The van der Waals surface area contributed by atoms with Crippen molar-refractivity contribution in [2.45, 2.75) is 106 Å². The van der Waals surface area contributed by atoms with Crippen LogP contribution in [0.4, 0.5) is 0 Å². The second kappa shape index (κ2) is 34.3. The summed E-state index contributed by atoms with van der Waals surface area (Å²) >= 11 is 0. The molecule has 0 bridgehead atoms. The molecule has 7 aromatic carbocycles. The summed E-state index contributed by atoms with van der Waals surface area (Å²) in [7, 11) is -5.29. The lowest BCUT2D eigenvalue weighted by molar-refractivity contribution is -0.350. The SMILES string of the molecule is C=CCCCCCCCCOP(=O)(O)O[C@H]1O[C@H](COC(=O)c2ccccc2)[C@@H](O[C@@H]2O[C@H](COC(=O)c3ccccc3)[C@@H](OC(=O)c3ccccc3)[C@H](OC(=O)c3ccccc3)[C@H]2OC(=O)c2ccccc2)[C@H](OC(=O)c2ccccc2)[C@@H]1OC(=O)c1ccccc1. The van der Waals surface area contributed by atoms with E-state index in [9.17, 15) is 43.0 Å². The molecule has 11 atom stereocenters. The molecule has 0 aliphatic carbocycles. The summed E-state index contributed by atoms with van der Waals surface area (Å²) < 4.78 is 89.2. The molecule has 484 valence electrons. The minimum Gasteiger partial charge on any atom is -0.459 e. The third kappa shape index (κ3) is 19.5. The van der Waals surface area contributed by atoms with E-state index in [1.54, 1.807) is 103 Å². The maximum Gasteiger partial charge on any atom is 0.474 e. The van der Waals surface area contributed by atoms with Gasteiger partial charge in [0, 0.05) is 0 Å². The maximum atomic E-state index is 14.8. The zero-order valence-corrected chi connectivity index (χ0v) is 51.3. The number of esters is 7. The Labute approximate surface area is 536 Å². The number of benzene rings is 7. The molecule has 0 radical (unpaired) electrons. The van der Waals surface area contributed by atoms with E-state index in [-0.39, 0.29) is 45.6 Å². The van der Waals surface area contributed by atoms with Gasteiger partial charge in [-0.1, -0.05) is 159 Å². The molecule has 2 fully saturated rings. The fourth-order valence-corrected chi connectivity index (χ4v) is 11.0. The molecule has 0 amide bonds. The van der Waals surface area contributed by atoms with Crippen LogP contribution >= 0.6 is 7.82 Å². The van der Waals surface area contributed by atoms with E-state index in [1.807, 2.05) is 6.08 Å². The number of allylic oxidation sites excluding steroid dienone is 1. The molecule has 0 spiro atoms. The number of hydrogen-bond donors (Lipinski definition) is 1. The Morgan fingerprint density at radius 2 is 0.667 bits per heavy atom. The van der Waals surface area contributed by atoms with Crippen molar-refractivity contribution < 1.29 is 99.4 Å². The minimum atomic E-state index is -5.29. The highest BCUT2D eigenvalue weighted by molar-refractivity contribution is 7.47. The van der Waals surface area contributed by atoms with Crippen LogP contribution < -0.4 is 0 Å². The van der Waals surface area contributed by atoms with E-state index < -0.39 is 124 Å². The molecule has 2 saturated heterocycles. The first-order valence-corrected chi connectivity index (χ1v) is 31.7. The number of rotatable bonds is 30. The van der Waals surface area contributed by atoms with Gasteiger partial charge in [0.1, 0.15) is 31.5 Å². The van der Waals surface area contributed by atoms with Gasteiger partial charge in [0.25, 0.3) is 0 Å². The molecule has 0 saturated carbocycles. The number of carbonyl (C=O) groups is 7. The molecule has 1 N–H and O–H groups in total. The highest BCUT2D eigenvalue weighted by atomic mass is 31.2. The highest BCUT2D eigenvalue weighted by Crippen LogP contribution is 2.48. The second-order valence-electron chi connectivity index (χ2n) is 21.4. The van der Waals surface area contributed by atoms with Crippen LogP contribution in [-0.2, 0) is 61.0 Å². The van der Waals surface area contributed by atoms with Crippen molar-refractivity contribution in [2.75, 3.05) is 19.8 Å². The summed E-state index contributed by atoms with van der Waals surface area (Å²) in [5, 5.41) is 0. The molecule has 2 aliphatic heterocycles. The summed E-state index contributed by atoms with van der Waals surface area (Å²) in [4.78, 5) is 113. The summed E-state index contributed by atoms with van der Waals surface area (Å²) in [6.07, 6.45) is -13.0. The van der Waals surface area contributed by atoms with Crippen molar-refractivity contribution in [3.8, 4) is 0 Å². The van der Waals surface area contributed by atoms with E-state index in [4.69, 9.17) is 56.4 Å². The molecule has 2 heterocycles. The van der Waals surface area contributed by atoms with Crippen LogP contribution in [0.2, 0.25) is 0 Å². The van der Waals surface area contributed by atoms with Gasteiger partial charge in [-0.3, -0.25) is 9.05 Å². The van der Waals surface area contributed by atoms with Gasteiger partial charge < -0.3 is 52.3 Å². The van der Waals surface area contributed by atoms with Crippen molar-refractivity contribution in [2.24, 2.45) is 0 Å². The van der Waals surface area contributed by atoms with Crippen LogP contribution in [0.1, 0.15) is 117 Å². The molecular weight excluding hydrogens is 1220 g/mol. The van der Waals surface area contributed by atoms with E-state index in [0.29, 0.717) is 12.8 Å². The van der Waals surface area contributed by atoms with Crippen molar-refractivity contribution >= 4 is 49.6 Å². The lowest BCUT2D eigenvalue weighted by atomic mass is 9.95. The van der Waals surface area contributed by atoms with Gasteiger partial charge >= 0.3 is 49.6 Å². The second-order valence-corrected chi connectivity index (χ2v) is 22.8. The summed E-state index contributed by atoms with van der Waals surface area (Å²) in [6, 6.07) is 53.4. The van der Waals surface area contributed by atoms with Gasteiger partial charge in [0.15, 0.2) is 36.8 Å². The standard InChI is InChI=1S/C71H69O21P/c1-2-3-4-5-6-7-8-30-45-83-93(79,80)92-71-62(90-69(78)54-43-28-15-29-44-54)60(88-67(76)52-39-24-13-25-40-52)58(56(85-71)47-82-64(73)49-33-18-10-19-34-49)91-70-61(89-68(77)53-41-26-14-27-42-53)59(87-66(75)51-37-22-12-23-38-51)57(86-65(74)50-35-20-11-21-36-50)55(84-70)46-81-63(72)48-31-16-9-17-32-48/h2,9-29,31-44,55-62,70-71H,1,3-8,30,45-47H2,(H,79,80)/t55-,56-,57-,58-,59+,60+,61-,62+,70+,71-/m1/s1. The van der Waals surface area contributed by atoms with Crippen molar-refractivity contribution in [1.82, 2.24) is 0 Å². The Morgan fingerprint density at radius 1 is 0.376 bits per heavy atom. The molecule has 0 aromatic heterocycles. The normalized spacial score (nSPS) is 21.5. The van der Waals surface area contributed by atoms with Gasteiger partial charge in [-0.25, -0.2) is 38.1 Å². The van der Waals surface area contributed by atoms with Crippen molar-refractivity contribution in [1.29, 1.82) is 0 Å². The average Bonchev–Trinajstić information content (AvgIpc) is 0.771. The first-order chi connectivity index (χ1) is 45.2. The van der Waals surface area contributed by atoms with Gasteiger partial charge in [0.2, 0.25) is 6.29 Å². The third-order valence-corrected chi connectivity index (χ3v) is 15.8. The number of phosphoric acid groups is 1. The number of phosphoric ester groups is 1. The smallest absolute Gasteiger partial charge is 0.459 e. The van der Waals surface area contributed by atoms with Crippen molar-refractivity contribution in [3.63, 3.8) is 0 Å². The van der Waals surface area contributed by atoms with E-state index in [2.05, 4.69) is 6.58 Å². The molecule has 21 nitrogen and oxygen atoms in total. The first-order valence-electron chi connectivity index (χ1n) is 30.2. The fourth-order valence-electron chi connectivity index (χ4n) is 10.1. The number of hydrogen-bond acceptors (Lipinski definition) is 20. The Balaban J connectivity index is 1.19. The molecule has 9 rings (SSSR count). The predicted molar refractivity (Wildman–Crippen MR) is 333 cm³/mol. The third-order valence-electron chi connectivity index (χ3n) is 14.8. The van der Waals surface area contributed by atoms with Crippen LogP contribution in [0.5, 0.6) is 0 Å². The predicted octanol–water partition coefficient (Wildman–Crippen LogP) is 11.7. The lowest BCUT2D eigenvalue weighted by Crippen LogP contribution is -2.67. The molecular formula is C71H69O21P. The molecule has 93 heavy (non-hydrogen) atoms. The maximum absolute atomic E-state index is 14.8. The number of ether oxygens (including phenoxy) is 10. The van der Waals surface area contributed by atoms with Gasteiger partial charge in [-0.15, -0.1) is 6.58 Å². The van der Waals surface area contributed by atoms with Gasteiger partial charge in [-0.2, -0.15) is 0 Å². The minimum absolute atomic E-state index is 0.00776. The summed E-state index contributed by atoms with van der Waals surface area (Å²) in [5.74, 6) is -7.15. The number of unbranched alkanes of at least 4 members (excludes halogenated alkanes) is 6. The quantitative estimate of drug-likeness (QED) is 0.0144. The molecule has 7 aromatic rings. The van der Waals surface area contributed by atoms with Crippen LogP contribution in [0.25, 0.3) is 0 Å². The van der Waals surface area contributed by atoms with Crippen LogP contribution in [0.15, 0.2) is 225 Å². The van der Waals surface area contributed by atoms with Gasteiger partial charge in [-0.05, 0) is 104 Å². The topological polar surface area (TPSA) is 268 Å². The lowest BCUT2D eigenvalue weighted by Gasteiger charge is -2.48. The number of carbonyl (C=O) groups excluding carboxylic acids is 7. The Morgan fingerprint density at radius 3 is 1.04 bits per heavy atom. The van der Waals surface area contributed by atoms with Gasteiger partial charge in [0.05, 0.1) is 45.6 Å². The summed E-state index contributed by atoms with van der Waals surface area (Å²) in [6.45, 7) is 1.79. The fraction of sp³-hybridized carbons (Fsp3) is 0.282.